The second-order valence-electron chi connectivity index (χ2n) is 4.80. The summed E-state index contributed by atoms with van der Waals surface area (Å²) in [6.07, 6.45) is 4.47. The predicted octanol–water partition coefficient (Wildman–Crippen LogP) is 2.56. The number of pyridine rings is 1. The zero-order valence-electron chi connectivity index (χ0n) is 9.35. The molecule has 2 aliphatic rings. The van der Waals surface area contributed by atoms with Gasteiger partial charge in [0.05, 0.1) is 5.69 Å². The summed E-state index contributed by atoms with van der Waals surface area (Å²) in [6, 6.07) is 3.78. The number of aromatic hydroxyl groups is 1. The lowest BCUT2D eigenvalue weighted by atomic mass is 9.95. The lowest BCUT2D eigenvalue weighted by molar-refractivity contribution is 0.0839. The van der Waals surface area contributed by atoms with Gasteiger partial charge in [0.25, 0.3) is 0 Å². The number of nitrogens with zero attached hydrogens (tertiary/aromatic N) is 1. The summed E-state index contributed by atoms with van der Waals surface area (Å²) in [5.74, 6) is 1.39. The van der Waals surface area contributed by atoms with E-state index in [-0.39, 0.29) is 0 Å². The third-order valence-electron chi connectivity index (χ3n) is 3.53. The van der Waals surface area contributed by atoms with E-state index in [1.807, 2.05) is 12.1 Å². The van der Waals surface area contributed by atoms with Crippen LogP contribution in [-0.4, -0.2) is 23.3 Å². The van der Waals surface area contributed by atoms with Crippen LogP contribution in [0.1, 0.15) is 48.9 Å². The lowest BCUT2D eigenvalue weighted by Gasteiger charge is -2.22. The lowest BCUT2D eigenvalue weighted by Crippen LogP contribution is -2.15. The maximum absolute atomic E-state index is 9.89. The van der Waals surface area contributed by atoms with Crippen molar-refractivity contribution < 1.29 is 9.84 Å². The highest BCUT2D eigenvalue weighted by atomic mass is 16.5. The summed E-state index contributed by atoms with van der Waals surface area (Å²) in [5, 5.41) is 9.89. The topological polar surface area (TPSA) is 42.4 Å². The van der Waals surface area contributed by atoms with Crippen molar-refractivity contribution in [2.45, 2.75) is 37.5 Å². The Morgan fingerprint density at radius 2 is 1.81 bits per heavy atom. The number of rotatable bonds is 2. The van der Waals surface area contributed by atoms with Crippen LogP contribution >= 0.6 is 0 Å². The fraction of sp³-hybridized carbons (Fsp3) is 0.615. The van der Waals surface area contributed by atoms with E-state index >= 15 is 0 Å². The number of hydrogen-bond donors (Lipinski definition) is 1. The highest BCUT2D eigenvalue weighted by Gasteiger charge is 2.27. The molecule has 2 heterocycles. The molecular formula is C13H17NO2. The second kappa shape index (κ2) is 4.06. The molecule has 1 aromatic heterocycles. The molecule has 1 aliphatic heterocycles. The Labute approximate surface area is 95.5 Å². The molecule has 0 amide bonds. The quantitative estimate of drug-likeness (QED) is 0.831. The van der Waals surface area contributed by atoms with Crippen LogP contribution in [0.15, 0.2) is 12.1 Å². The SMILES string of the molecule is Oc1ccc(C2CC2)nc1C1CCOCC1. The summed E-state index contributed by atoms with van der Waals surface area (Å²) in [6.45, 7) is 1.58. The maximum atomic E-state index is 9.89. The molecule has 3 heteroatoms. The first-order valence-electron chi connectivity index (χ1n) is 6.12. The van der Waals surface area contributed by atoms with Crippen LogP contribution in [0.5, 0.6) is 5.75 Å². The van der Waals surface area contributed by atoms with Gasteiger partial charge in [-0.2, -0.15) is 0 Å². The molecule has 1 saturated heterocycles. The first-order valence-corrected chi connectivity index (χ1v) is 6.12. The first-order chi connectivity index (χ1) is 7.84. The smallest absolute Gasteiger partial charge is 0.137 e. The molecule has 0 radical (unpaired) electrons. The molecule has 0 unspecified atom stereocenters. The van der Waals surface area contributed by atoms with E-state index in [9.17, 15) is 5.11 Å². The Kier molecular flexibility index (Phi) is 2.56. The van der Waals surface area contributed by atoms with Gasteiger partial charge in [0, 0.05) is 30.7 Å². The van der Waals surface area contributed by atoms with Crippen molar-refractivity contribution in [1.29, 1.82) is 0 Å². The molecule has 1 saturated carbocycles. The Hall–Kier alpha value is -1.09. The molecule has 3 nitrogen and oxygen atoms in total. The van der Waals surface area contributed by atoms with Crippen LogP contribution in [0, 0.1) is 0 Å². The van der Waals surface area contributed by atoms with Crippen LogP contribution in [-0.2, 0) is 4.74 Å². The van der Waals surface area contributed by atoms with E-state index < -0.39 is 0 Å². The minimum Gasteiger partial charge on any atom is -0.506 e. The van der Waals surface area contributed by atoms with Crippen molar-refractivity contribution in [3.63, 3.8) is 0 Å². The predicted molar refractivity (Wildman–Crippen MR) is 60.7 cm³/mol. The van der Waals surface area contributed by atoms with Crippen molar-refractivity contribution in [2.24, 2.45) is 0 Å². The monoisotopic (exact) mass is 219 g/mol. The van der Waals surface area contributed by atoms with Gasteiger partial charge in [0.15, 0.2) is 0 Å². The van der Waals surface area contributed by atoms with Gasteiger partial charge in [-0.25, -0.2) is 0 Å². The average molecular weight is 219 g/mol. The third kappa shape index (κ3) is 1.92. The van der Waals surface area contributed by atoms with Crippen LogP contribution in [0.4, 0.5) is 0 Å². The van der Waals surface area contributed by atoms with Gasteiger partial charge >= 0.3 is 0 Å². The second-order valence-corrected chi connectivity index (χ2v) is 4.80. The first kappa shape index (κ1) is 10.1. The van der Waals surface area contributed by atoms with Gasteiger partial charge in [-0.15, -0.1) is 0 Å². The van der Waals surface area contributed by atoms with E-state index in [0.29, 0.717) is 17.6 Å². The van der Waals surface area contributed by atoms with Crippen LogP contribution in [0.2, 0.25) is 0 Å². The molecule has 3 rings (SSSR count). The Morgan fingerprint density at radius 1 is 1.06 bits per heavy atom. The summed E-state index contributed by atoms with van der Waals surface area (Å²) in [7, 11) is 0. The average Bonchev–Trinajstić information content (AvgIpc) is 3.15. The zero-order chi connectivity index (χ0) is 11.0. The van der Waals surface area contributed by atoms with Crippen LogP contribution in [0.3, 0.4) is 0 Å². The summed E-state index contributed by atoms with van der Waals surface area (Å²) >= 11 is 0. The van der Waals surface area contributed by atoms with Crippen LogP contribution in [0.25, 0.3) is 0 Å². The van der Waals surface area contributed by atoms with Crippen molar-refractivity contribution in [1.82, 2.24) is 4.98 Å². The summed E-state index contributed by atoms with van der Waals surface area (Å²) < 4.78 is 5.34. The molecule has 16 heavy (non-hydrogen) atoms. The van der Waals surface area contributed by atoms with E-state index in [1.54, 1.807) is 0 Å². The normalized spacial score (nSPS) is 22.2. The summed E-state index contributed by atoms with van der Waals surface area (Å²) in [5.41, 5.74) is 2.06. The molecule has 1 aromatic rings. The number of hydrogen-bond acceptors (Lipinski definition) is 3. The van der Waals surface area contributed by atoms with Gasteiger partial charge in [0.2, 0.25) is 0 Å². The van der Waals surface area contributed by atoms with E-state index in [1.165, 1.54) is 18.5 Å². The highest BCUT2D eigenvalue weighted by molar-refractivity contribution is 5.33. The van der Waals surface area contributed by atoms with Crippen LogP contribution < -0.4 is 0 Å². The standard InChI is InChI=1S/C13H17NO2/c15-12-4-3-11(9-1-2-9)14-13(12)10-5-7-16-8-6-10/h3-4,9-10,15H,1-2,5-8H2. The van der Waals surface area contributed by atoms with Crippen molar-refractivity contribution in [3.8, 4) is 5.75 Å². The zero-order valence-corrected chi connectivity index (χ0v) is 9.35. The van der Waals surface area contributed by atoms with E-state index in [0.717, 1.165) is 31.7 Å². The molecule has 0 bridgehead atoms. The molecule has 0 atom stereocenters. The summed E-state index contributed by atoms with van der Waals surface area (Å²) in [4.78, 5) is 4.65. The molecule has 86 valence electrons. The molecule has 0 spiro atoms. The van der Waals surface area contributed by atoms with Gasteiger partial charge in [-0.05, 0) is 37.8 Å². The highest BCUT2D eigenvalue weighted by Crippen LogP contribution is 2.41. The minimum atomic E-state index is 0.358. The Morgan fingerprint density at radius 3 is 2.50 bits per heavy atom. The fourth-order valence-electron chi connectivity index (χ4n) is 2.36. The number of aromatic nitrogens is 1. The van der Waals surface area contributed by atoms with E-state index in [4.69, 9.17) is 4.74 Å². The number of ether oxygens (including phenoxy) is 1. The molecule has 0 aromatic carbocycles. The Balaban J connectivity index is 1.88. The molecular weight excluding hydrogens is 202 g/mol. The van der Waals surface area contributed by atoms with Crippen molar-refractivity contribution in [3.05, 3.63) is 23.5 Å². The van der Waals surface area contributed by atoms with Crippen molar-refractivity contribution >= 4 is 0 Å². The van der Waals surface area contributed by atoms with Gasteiger partial charge in [0.1, 0.15) is 5.75 Å². The van der Waals surface area contributed by atoms with Gasteiger partial charge in [-0.1, -0.05) is 0 Å². The molecule has 2 fully saturated rings. The third-order valence-corrected chi connectivity index (χ3v) is 3.53. The Bertz CT molecular complexity index is 382. The maximum Gasteiger partial charge on any atom is 0.137 e. The largest absolute Gasteiger partial charge is 0.506 e. The van der Waals surface area contributed by atoms with E-state index in [2.05, 4.69) is 4.98 Å². The van der Waals surface area contributed by atoms with Gasteiger partial charge < -0.3 is 9.84 Å². The molecule has 1 aliphatic carbocycles. The minimum absolute atomic E-state index is 0.358. The van der Waals surface area contributed by atoms with Crippen molar-refractivity contribution in [2.75, 3.05) is 13.2 Å². The molecule has 1 N–H and O–H groups in total. The fourth-order valence-corrected chi connectivity index (χ4v) is 2.36. The van der Waals surface area contributed by atoms with Gasteiger partial charge in [-0.3, -0.25) is 4.98 Å².